The number of ether oxygens (including phenoxy) is 1. The highest BCUT2D eigenvalue weighted by Gasteiger charge is 2.12. The molecule has 0 aliphatic carbocycles. The van der Waals surface area contributed by atoms with Gasteiger partial charge in [0.15, 0.2) is 5.69 Å². The zero-order chi connectivity index (χ0) is 14.4. The molecule has 0 aliphatic rings. The van der Waals surface area contributed by atoms with Crippen LogP contribution in [-0.4, -0.2) is 28.1 Å². The fraction of sp³-hybridized carbons (Fsp3) is 0.214. The molecule has 0 aliphatic heterocycles. The molecule has 6 nitrogen and oxygen atoms in total. The molecule has 0 fully saturated rings. The van der Waals surface area contributed by atoms with Crippen molar-refractivity contribution < 1.29 is 14.6 Å². The molecule has 2 aromatic rings. The number of carbonyl (C=O) groups is 1. The Balaban J connectivity index is 2.01. The van der Waals surface area contributed by atoms with E-state index in [1.165, 1.54) is 12.4 Å². The van der Waals surface area contributed by atoms with Crippen molar-refractivity contribution in [2.24, 2.45) is 0 Å². The van der Waals surface area contributed by atoms with E-state index >= 15 is 0 Å². The van der Waals surface area contributed by atoms with Crippen LogP contribution in [0.15, 0.2) is 36.7 Å². The predicted molar refractivity (Wildman–Crippen MR) is 72.1 cm³/mol. The van der Waals surface area contributed by atoms with Crippen molar-refractivity contribution in [3.8, 4) is 5.75 Å². The summed E-state index contributed by atoms with van der Waals surface area (Å²) < 4.78 is 5.06. The van der Waals surface area contributed by atoms with E-state index in [9.17, 15) is 4.79 Å². The van der Waals surface area contributed by atoms with Crippen molar-refractivity contribution in [3.63, 3.8) is 0 Å². The number of amides is 1. The van der Waals surface area contributed by atoms with Gasteiger partial charge in [0.25, 0.3) is 5.91 Å². The monoisotopic (exact) mass is 273 g/mol. The Labute approximate surface area is 116 Å². The summed E-state index contributed by atoms with van der Waals surface area (Å²) in [5.41, 5.74) is 1.34. The maximum Gasteiger partial charge on any atom is 0.272 e. The van der Waals surface area contributed by atoms with E-state index in [4.69, 9.17) is 9.84 Å². The first-order valence-corrected chi connectivity index (χ1v) is 6.06. The van der Waals surface area contributed by atoms with Crippen molar-refractivity contribution in [1.29, 1.82) is 0 Å². The van der Waals surface area contributed by atoms with Gasteiger partial charge in [0.1, 0.15) is 5.75 Å². The summed E-state index contributed by atoms with van der Waals surface area (Å²) in [6.07, 6.45) is 2.85. The largest absolute Gasteiger partial charge is 0.497 e. The Morgan fingerprint density at radius 2 is 1.95 bits per heavy atom. The molecule has 20 heavy (non-hydrogen) atoms. The lowest BCUT2D eigenvalue weighted by atomic mass is 10.2. The van der Waals surface area contributed by atoms with Crippen LogP contribution in [0.4, 0.5) is 0 Å². The lowest BCUT2D eigenvalue weighted by Gasteiger charge is -2.07. The molecule has 6 heteroatoms. The number of aromatic nitrogens is 2. The van der Waals surface area contributed by atoms with Crippen LogP contribution in [0, 0.1) is 0 Å². The third-order valence-corrected chi connectivity index (χ3v) is 2.75. The Morgan fingerprint density at radius 1 is 1.25 bits per heavy atom. The number of methoxy groups -OCH3 is 1. The average Bonchev–Trinajstić information content (AvgIpc) is 2.53. The van der Waals surface area contributed by atoms with Gasteiger partial charge in [-0.1, -0.05) is 12.1 Å². The van der Waals surface area contributed by atoms with E-state index in [-0.39, 0.29) is 23.9 Å². The highest BCUT2D eigenvalue weighted by molar-refractivity contribution is 5.93. The van der Waals surface area contributed by atoms with Crippen LogP contribution in [0.25, 0.3) is 0 Å². The van der Waals surface area contributed by atoms with Crippen molar-refractivity contribution in [1.82, 2.24) is 15.3 Å². The zero-order valence-electron chi connectivity index (χ0n) is 11.0. The first kappa shape index (κ1) is 14.0. The van der Waals surface area contributed by atoms with Gasteiger partial charge < -0.3 is 15.2 Å². The minimum absolute atomic E-state index is 0.142. The van der Waals surface area contributed by atoms with E-state index in [1.54, 1.807) is 7.11 Å². The van der Waals surface area contributed by atoms with Crippen LogP contribution < -0.4 is 10.1 Å². The van der Waals surface area contributed by atoms with E-state index in [2.05, 4.69) is 15.3 Å². The molecule has 1 heterocycles. The third kappa shape index (κ3) is 3.30. The van der Waals surface area contributed by atoms with Gasteiger partial charge in [-0.25, -0.2) is 4.98 Å². The van der Waals surface area contributed by atoms with Gasteiger partial charge in [-0.3, -0.25) is 9.78 Å². The lowest BCUT2D eigenvalue weighted by Crippen LogP contribution is -2.25. The van der Waals surface area contributed by atoms with Gasteiger partial charge in [0, 0.05) is 18.9 Å². The first-order valence-electron chi connectivity index (χ1n) is 6.06. The molecule has 0 saturated heterocycles. The second-order valence-corrected chi connectivity index (χ2v) is 4.04. The lowest BCUT2D eigenvalue weighted by molar-refractivity contribution is 0.0941. The Hall–Kier alpha value is -2.47. The standard InChI is InChI=1S/C14H15N3O3/c1-20-11-4-2-10(3-5-11)8-17-14(19)13-12(9-18)15-6-7-16-13/h2-7,18H,8-9H2,1H3,(H,17,19). The molecule has 104 valence electrons. The quantitative estimate of drug-likeness (QED) is 0.845. The van der Waals surface area contributed by atoms with E-state index in [0.717, 1.165) is 11.3 Å². The number of carbonyl (C=O) groups excluding carboxylic acids is 1. The average molecular weight is 273 g/mol. The van der Waals surface area contributed by atoms with Crippen LogP contribution in [0.1, 0.15) is 21.7 Å². The number of rotatable bonds is 5. The molecular formula is C14H15N3O3. The summed E-state index contributed by atoms with van der Waals surface area (Å²) >= 11 is 0. The molecule has 0 atom stereocenters. The molecule has 0 radical (unpaired) electrons. The zero-order valence-corrected chi connectivity index (χ0v) is 11.0. The summed E-state index contributed by atoms with van der Waals surface area (Å²) in [4.78, 5) is 19.8. The van der Waals surface area contributed by atoms with Crippen molar-refractivity contribution in [2.45, 2.75) is 13.2 Å². The summed E-state index contributed by atoms with van der Waals surface area (Å²) in [6.45, 7) is 0.0450. The summed E-state index contributed by atoms with van der Waals surface area (Å²) in [5, 5.41) is 11.8. The van der Waals surface area contributed by atoms with Gasteiger partial charge in [-0.2, -0.15) is 0 Å². The van der Waals surface area contributed by atoms with Gasteiger partial charge in [-0.05, 0) is 17.7 Å². The molecular weight excluding hydrogens is 258 g/mol. The van der Waals surface area contributed by atoms with Crippen LogP contribution in [0.2, 0.25) is 0 Å². The minimum atomic E-state index is -0.363. The molecule has 0 bridgehead atoms. The van der Waals surface area contributed by atoms with E-state index < -0.39 is 0 Å². The van der Waals surface area contributed by atoms with Crippen LogP contribution in [-0.2, 0) is 13.2 Å². The smallest absolute Gasteiger partial charge is 0.272 e. The number of nitrogens with one attached hydrogen (secondary N) is 1. The highest BCUT2D eigenvalue weighted by Crippen LogP contribution is 2.11. The number of nitrogens with zero attached hydrogens (tertiary/aromatic N) is 2. The maximum atomic E-state index is 12.0. The molecule has 2 rings (SSSR count). The van der Waals surface area contributed by atoms with Crippen LogP contribution in [0.5, 0.6) is 5.75 Å². The Bertz CT molecular complexity index is 584. The highest BCUT2D eigenvalue weighted by atomic mass is 16.5. The molecule has 2 N–H and O–H groups in total. The number of aliphatic hydroxyl groups excluding tert-OH is 1. The van der Waals surface area contributed by atoms with Crippen LogP contribution in [0.3, 0.4) is 0 Å². The number of hydrogen-bond acceptors (Lipinski definition) is 5. The minimum Gasteiger partial charge on any atom is -0.497 e. The van der Waals surface area contributed by atoms with Crippen molar-refractivity contribution in [2.75, 3.05) is 7.11 Å². The molecule has 1 aromatic carbocycles. The predicted octanol–water partition coefficient (Wildman–Crippen LogP) is 0.907. The first-order chi connectivity index (χ1) is 9.74. The second-order valence-electron chi connectivity index (χ2n) is 4.04. The van der Waals surface area contributed by atoms with Gasteiger partial charge in [0.2, 0.25) is 0 Å². The third-order valence-electron chi connectivity index (χ3n) is 2.75. The molecule has 1 amide bonds. The van der Waals surface area contributed by atoms with Gasteiger partial charge >= 0.3 is 0 Å². The van der Waals surface area contributed by atoms with E-state index in [0.29, 0.717) is 6.54 Å². The molecule has 0 spiro atoms. The van der Waals surface area contributed by atoms with Crippen molar-refractivity contribution in [3.05, 3.63) is 53.6 Å². The molecule has 1 aromatic heterocycles. The summed E-state index contributed by atoms with van der Waals surface area (Å²) in [6, 6.07) is 7.37. The second kappa shape index (κ2) is 6.63. The van der Waals surface area contributed by atoms with Crippen LogP contribution >= 0.6 is 0 Å². The fourth-order valence-electron chi connectivity index (χ4n) is 1.68. The Morgan fingerprint density at radius 3 is 2.60 bits per heavy atom. The van der Waals surface area contributed by atoms with Gasteiger partial charge in [-0.15, -0.1) is 0 Å². The van der Waals surface area contributed by atoms with Crippen molar-refractivity contribution >= 4 is 5.91 Å². The normalized spacial score (nSPS) is 10.1. The van der Waals surface area contributed by atoms with Gasteiger partial charge in [0.05, 0.1) is 19.4 Å². The molecule has 0 saturated carbocycles. The van der Waals surface area contributed by atoms with E-state index in [1.807, 2.05) is 24.3 Å². The molecule has 0 unspecified atom stereocenters. The maximum absolute atomic E-state index is 12.0. The topological polar surface area (TPSA) is 84.3 Å². The fourth-order valence-corrected chi connectivity index (χ4v) is 1.68. The SMILES string of the molecule is COc1ccc(CNC(=O)c2nccnc2CO)cc1. The number of hydrogen-bond donors (Lipinski definition) is 2. The number of benzene rings is 1. The summed E-state index contributed by atoms with van der Waals surface area (Å²) in [7, 11) is 1.60. The Kier molecular flexibility index (Phi) is 4.62. The summed E-state index contributed by atoms with van der Waals surface area (Å²) in [5.74, 6) is 0.398. The number of aliphatic hydroxyl groups is 1.